The van der Waals surface area contributed by atoms with Gasteiger partial charge in [-0.1, -0.05) is 30.3 Å². The van der Waals surface area contributed by atoms with Crippen molar-refractivity contribution in [3.8, 4) is 0 Å². The normalized spacial score (nSPS) is 12.2. The van der Waals surface area contributed by atoms with Gasteiger partial charge in [0.05, 0.1) is 5.52 Å². The molecule has 0 radical (unpaired) electrons. The molecule has 0 aliphatic rings. The van der Waals surface area contributed by atoms with Crippen molar-refractivity contribution < 1.29 is 0 Å². The molecule has 0 spiro atoms. The minimum atomic E-state index is 0.0187. The van der Waals surface area contributed by atoms with Crippen molar-refractivity contribution >= 4 is 49.6 Å². The number of benzene rings is 2. The number of aromatic nitrogens is 2. The number of fused-ring (bicyclic) bond motifs is 4. The van der Waals surface area contributed by atoms with Gasteiger partial charge < -0.3 is 0 Å². The van der Waals surface area contributed by atoms with E-state index >= 15 is 0 Å². The highest BCUT2D eigenvalue weighted by Gasteiger charge is 2.15. The summed E-state index contributed by atoms with van der Waals surface area (Å²) in [6.07, 6.45) is 0. The molecular formula is C16H8N2OS. The first-order valence-corrected chi connectivity index (χ1v) is 7.30. The number of nitrogens with zero attached hydrogens (tertiary/aromatic N) is 2. The number of thiophene rings is 1. The van der Waals surface area contributed by atoms with Gasteiger partial charge in [-0.2, -0.15) is 0 Å². The van der Waals surface area contributed by atoms with Crippen molar-refractivity contribution in [1.82, 2.24) is 9.38 Å². The SMILES string of the molecule is O=c1c2cccc3cccc(c32)c2nc3cscc3n12. The van der Waals surface area contributed by atoms with E-state index in [2.05, 4.69) is 4.98 Å². The zero-order valence-corrected chi connectivity index (χ0v) is 11.1. The van der Waals surface area contributed by atoms with E-state index in [9.17, 15) is 4.79 Å². The maximum atomic E-state index is 12.8. The first-order chi connectivity index (χ1) is 9.84. The summed E-state index contributed by atoms with van der Waals surface area (Å²) in [5.74, 6) is 0. The summed E-state index contributed by atoms with van der Waals surface area (Å²) in [4.78, 5) is 17.4. The standard InChI is InChI=1S/C16H8N2OS/c19-16-11-6-2-4-9-3-1-5-10(14(9)11)15-17-12-7-20-8-13(12)18(15)16/h1-8H. The molecule has 0 bridgehead atoms. The van der Waals surface area contributed by atoms with Gasteiger partial charge in [0.15, 0.2) is 0 Å². The number of rotatable bonds is 0. The summed E-state index contributed by atoms with van der Waals surface area (Å²) >= 11 is 1.57. The number of pyridine rings is 1. The van der Waals surface area contributed by atoms with Crippen LogP contribution in [0.2, 0.25) is 0 Å². The van der Waals surface area contributed by atoms with E-state index in [1.807, 2.05) is 47.2 Å². The molecule has 2 aromatic carbocycles. The highest BCUT2D eigenvalue weighted by atomic mass is 32.1. The zero-order valence-electron chi connectivity index (χ0n) is 10.3. The fourth-order valence-corrected chi connectivity index (χ4v) is 3.75. The van der Waals surface area contributed by atoms with Crippen molar-refractivity contribution in [3.05, 3.63) is 57.5 Å². The molecule has 5 rings (SSSR count). The van der Waals surface area contributed by atoms with Crippen LogP contribution in [0.1, 0.15) is 0 Å². The zero-order chi connectivity index (χ0) is 13.3. The van der Waals surface area contributed by atoms with Gasteiger partial charge in [0.25, 0.3) is 5.56 Å². The predicted molar refractivity (Wildman–Crippen MR) is 83.0 cm³/mol. The molecule has 0 atom stereocenters. The van der Waals surface area contributed by atoms with Crippen molar-refractivity contribution in [2.45, 2.75) is 0 Å². The Kier molecular flexibility index (Phi) is 1.73. The second kappa shape index (κ2) is 3.35. The Labute approximate surface area is 117 Å². The van der Waals surface area contributed by atoms with Gasteiger partial charge in [0, 0.05) is 26.9 Å². The molecule has 0 unspecified atom stereocenters. The first-order valence-electron chi connectivity index (χ1n) is 6.36. The summed E-state index contributed by atoms with van der Waals surface area (Å²) < 4.78 is 1.74. The maximum Gasteiger partial charge on any atom is 0.264 e. The van der Waals surface area contributed by atoms with Gasteiger partial charge in [-0.25, -0.2) is 4.98 Å². The Balaban J connectivity index is 2.30. The van der Waals surface area contributed by atoms with Crippen LogP contribution in [-0.4, -0.2) is 9.38 Å². The smallest absolute Gasteiger partial charge is 0.264 e. The van der Waals surface area contributed by atoms with E-state index in [-0.39, 0.29) is 5.56 Å². The molecule has 20 heavy (non-hydrogen) atoms. The third kappa shape index (κ3) is 1.07. The lowest BCUT2D eigenvalue weighted by Gasteiger charge is -2.06. The lowest BCUT2D eigenvalue weighted by Crippen LogP contribution is -2.12. The Morgan fingerprint density at radius 1 is 1.00 bits per heavy atom. The molecule has 0 saturated carbocycles. The molecule has 0 aliphatic heterocycles. The molecule has 0 N–H and O–H groups in total. The van der Waals surface area contributed by atoms with Gasteiger partial charge in [-0.15, -0.1) is 11.3 Å². The average molecular weight is 276 g/mol. The molecule has 4 heteroatoms. The summed E-state index contributed by atoms with van der Waals surface area (Å²) in [7, 11) is 0. The summed E-state index contributed by atoms with van der Waals surface area (Å²) in [6, 6.07) is 12.0. The molecule has 0 fully saturated rings. The Hall–Kier alpha value is -2.46. The van der Waals surface area contributed by atoms with Crippen molar-refractivity contribution in [2.24, 2.45) is 0 Å². The summed E-state index contributed by atoms with van der Waals surface area (Å²) in [6.45, 7) is 0. The largest absolute Gasteiger partial charge is 0.268 e. The molecule has 0 amide bonds. The molecule has 3 heterocycles. The minimum Gasteiger partial charge on any atom is -0.268 e. The van der Waals surface area contributed by atoms with Crippen LogP contribution < -0.4 is 5.56 Å². The monoisotopic (exact) mass is 276 g/mol. The second-order valence-electron chi connectivity index (χ2n) is 4.93. The highest BCUT2D eigenvalue weighted by molar-refractivity contribution is 7.09. The lowest BCUT2D eigenvalue weighted by atomic mass is 10.0. The van der Waals surface area contributed by atoms with E-state index in [0.717, 1.165) is 38.2 Å². The van der Waals surface area contributed by atoms with Gasteiger partial charge in [-0.3, -0.25) is 9.20 Å². The van der Waals surface area contributed by atoms with Gasteiger partial charge in [0.1, 0.15) is 11.2 Å². The van der Waals surface area contributed by atoms with Crippen LogP contribution in [0.5, 0.6) is 0 Å². The molecule has 94 valence electrons. The van der Waals surface area contributed by atoms with Gasteiger partial charge in [-0.05, 0) is 11.5 Å². The van der Waals surface area contributed by atoms with Gasteiger partial charge >= 0.3 is 0 Å². The molecule has 0 aliphatic carbocycles. The molecular weight excluding hydrogens is 268 g/mol. The molecule has 0 saturated heterocycles. The number of hydrogen-bond donors (Lipinski definition) is 0. The van der Waals surface area contributed by atoms with Crippen molar-refractivity contribution in [2.75, 3.05) is 0 Å². The van der Waals surface area contributed by atoms with Crippen LogP contribution in [0.25, 0.3) is 38.2 Å². The number of imidazole rings is 1. The summed E-state index contributed by atoms with van der Waals surface area (Å²) in [5, 5.41) is 7.88. The van der Waals surface area contributed by atoms with E-state index in [1.54, 1.807) is 15.7 Å². The maximum absolute atomic E-state index is 12.8. The third-order valence-electron chi connectivity index (χ3n) is 3.88. The number of hydrogen-bond acceptors (Lipinski definition) is 3. The van der Waals surface area contributed by atoms with Crippen molar-refractivity contribution in [3.63, 3.8) is 0 Å². The Bertz CT molecular complexity index is 1160. The van der Waals surface area contributed by atoms with E-state index < -0.39 is 0 Å². The van der Waals surface area contributed by atoms with E-state index in [1.165, 1.54) is 0 Å². The Morgan fingerprint density at radius 3 is 2.65 bits per heavy atom. The fourth-order valence-electron chi connectivity index (χ4n) is 3.02. The quantitative estimate of drug-likeness (QED) is 0.432. The van der Waals surface area contributed by atoms with Crippen LogP contribution in [0.3, 0.4) is 0 Å². The molecule has 3 aromatic heterocycles. The topological polar surface area (TPSA) is 34.4 Å². The van der Waals surface area contributed by atoms with Crippen molar-refractivity contribution in [1.29, 1.82) is 0 Å². The van der Waals surface area contributed by atoms with Crippen LogP contribution in [-0.2, 0) is 0 Å². The summed E-state index contributed by atoms with van der Waals surface area (Å²) in [5.41, 5.74) is 2.58. The van der Waals surface area contributed by atoms with Crippen LogP contribution in [0.4, 0.5) is 0 Å². The Morgan fingerprint density at radius 2 is 1.80 bits per heavy atom. The predicted octanol–water partition coefficient (Wildman–Crippen LogP) is 3.65. The minimum absolute atomic E-state index is 0.0187. The fraction of sp³-hybridized carbons (Fsp3) is 0. The highest BCUT2D eigenvalue weighted by Crippen LogP contribution is 2.30. The molecule has 3 nitrogen and oxygen atoms in total. The van der Waals surface area contributed by atoms with E-state index in [0.29, 0.717) is 0 Å². The van der Waals surface area contributed by atoms with Crippen LogP contribution >= 0.6 is 11.3 Å². The molecule has 5 aromatic rings. The lowest BCUT2D eigenvalue weighted by molar-refractivity contribution is 1.19. The van der Waals surface area contributed by atoms with Gasteiger partial charge in [0.2, 0.25) is 0 Å². The second-order valence-corrected chi connectivity index (χ2v) is 5.67. The van der Waals surface area contributed by atoms with E-state index in [4.69, 9.17) is 0 Å². The van der Waals surface area contributed by atoms with Crippen LogP contribution in [0, 0.1) is 0 Å². The average Bonchev–Trinajstić information content (AvgIpc) is 3.05. The third-order valence-corrected chi connectivity index (χ3v) is 4.60. The first kappa shape index (κ1) is 10.3. The van der Waals surface area contributed by atoms with Crippen LogP contribution in [0.15, 0.2) is 52.0 Å².